The quantitative estimate of drug-likeness (QED) is 0.854. The van der Waals surface area contributed by atoms with Crippen LogP contribution in [0.2, 0.25) is 0 Å². The number of carbonyl (C=O) groups excluding carboxylic acids is 1. The first-order valence-corrected chi connectivity index (χ1v) is 5.30. The fraction of sp³-hybridized carbons (Fsp3) is 0.222. The van der Waals surface area contributed by atoms with Crippen LogP contribution < -0.4 is 4.90 Å². The van der Waals surface area contributed by atoms with Crippen LogP contribution in [0.5, 0.6) is 0 Å². The van der Waals surface area contributed by atoms with E-state index in [4.69, 9.17) is 0 Å². The summed E-state index contributed by atoms with van der Waals surface area (Å²) in [6.07, 6.45) is 3.38. The largest absolute Gasteiger partial charge is 0.292 e. The topological polar surface area (TPSA) is 61.9 Å². The summed E-state index contributed by atoms with van der Waals surface area (Å²) in [5.41, 5.74) is 1.75. The van der Waals surface area contributed by atoms with Crippen molar-refractivity contribution in [3.8, 4) is 0 Å². The normalized spacial score (nSPS) is 10.2. The van der Waals surface area contributed by atoms with Crippen LogP contribution >= 0.6 is 11.3 Å². The number of H-pyrrole nitrogens is 1. The average molecular weight is 222 g/mol. The molecule has 78 valence electrons. The van der Waals surface area contributed by atoms with Crippen molar-refractivity contribution < 1.29 is 4.79 Å². The summed E-state index contributed by atoms with van der Waals surface area (Å²) in [6.45, 7) is 2.06. The number of hydrogen-bond acceptors (Lipinski definition) is 4. The van der Waals surface area contributed by atoms with Gasteiger partial charge in [0.2, 0.25) is 5.91 Å². The number of nitrogens with zero attached hydrogens (tertiary/aromatic N) is 3. The number of thiazole rings is 1. The Morgan fingerprint density at radius 3 is 3.07 bits per heavy atom. The van der Waals surface area contributed by atoms with Gasteiger partial charge >= 0.3 is 0 Å². The fourth-order valence-electron chi connectivity index (χ4n) is 1.24. The third-order valence-electron chi connectivity index (χ3n) is 1.95. The van der Waals surface area contributed by atoms with Crippen molar-refractivity contribution in [2.45, 2.75) is 13.5 Å². The van der Waals surface area contributed by atoms with Gasteiger partial charge in [0.25, 0.3) is 0 Å². The summed E-state index contributed by atoms with van der Waals surface area (Å²) in [6, 6.07) is 1.77. The molecule has 1 N–H and O–H groups in total. The van der Waals surface area contributed by atoms with Crippen molar-refractivity contribution in [3.05, 3.63) is 28.8 Å². The van der Waals surface area contributed by atoms with Crippen molar-refractivity contribution in [1.82, 2.24) is 15.2 Å². The molecule has 2 heterocycles. The molecule has 0 spiro atoms. The molecule has 0 saturated heterocycles. The molecule has 6 heteroatoms. The minimum absolute atomic E-state index is 0.0207. The summed E-state index contributed by atoms with van der Waals surface area (Å²) in [5, 5.41) is 6.59. The molecule has 1 amide bonds. The lowest BCUT2D eigenvalue weighted by Crippen LogP contribution is -2.27. The van der Waals surface area contributed by atoms with Crippen LogP contribution in [0.1, 0.15) is 11.8 Å². The van der Waals surface area contributed by atoms with Gasteiger partial charge < -0.3 is 0 Å². The lowest BCUT2D eigenvalue weighted by Gasteiger charge is -2.17. The Hall–Kier alpha value is -1.69. The third-order valence-corrected chi connectivity index (χ3v) is 2.72. The molecule has 0 aliphatic carbocycles. The lowest BCUT2D eigenvalue weighted by atomic mass is 10.4. The maximum atomic E-state index is 11.4. The molecule has 15 heavy (non-hydrogen) atoms. The number of hydrogen-bond donors (Lipinski definition) is 1. The minimum Gasteiger partial charge on any atom is -0.292 e. The highest BCUT2D eigenvalue weighted by Crippen LogP contribution is 2.15. The van der Waals surface area contributed by atoms with E-state index >= 15 is 0 Å². The maximum Gasteiger partial charge on any atom is 0.225 e. The Kier molecular flexibility index (Phi) is 2.77. The van der Waals surface area contributed by atoms with Gasteiger partial charge in [-0.1, -0.05) is 0 Å². The van der Waals surface area contributed by atoms with E-state index in [-0.39, 0.29) is 5.91 Å². The first-order chi connectivity index (χ1) is 7.27. The molecule has 0 fully saturated rings. The molecule has 2 aromatic rings. The van der Waals surface area contributed by atoms with Crippen molar-refractivity contribution in [3.63, 3.8) is 0 Å². The van der Waals surface area contributed by atoms with E-state index in [2.05, 4.69) is 15.2 Å². The molecule has 0 aliphatic heterocycles. The van der Waals surface area contributed by atoms with Gasteiger partial charge in [-0.05, 0) is 0 Å². The van der Waals surface area contributed by atoms with Crippen molar-refractivity contribution in [1.29, 1.82) is 0 Å². The fourth-order valence-corrected chi connectivity index (χ4v) is 1.82. The van der Waals surface area contributed by atoms with Gasteiger partial charge in [0.1, 0.15) is 5.82 Å². The molecule has 0 aromatic carbocycles. The van der Waals surface area contributed by atoms with Crippen molar-refractivity contribution in [2.75, 3.05) is 4.90 Å². The first-order valence-electron chi connectivity index (χ1n) is 4.42. The van der Waals surface area contributed by atoms with E-state index in [1.165, 1.54) is 18.3 Å². The van der Waals surface area contributed by atoms with Crippen LogP contribution in [-0.2, 0) is 11.3 Å². The highest BCUT2D eigenvalue weighted by Gasteiger charge is 2.13. The zero-order chi connectivity index (χ0) is 10.7. The number of aromatic amines is 1. The number of anilines is 1. The lowest BCUT2D eigenvalue weighted by molar-refractivity contribution is -0.116. The summed E-state index contributed by atoms with van der Waals surface area (Å²) in [5.74, 6) is 0.684. The van der Waals surface area contributed by atoms with Crippen LogP contribution in [0, 0.1) is 0 Å². The highest BCUT2D eigenvalue weighted by atomic mass is 32.1. The number of carbonyl (C=O) groups is 1. The van der Waals surface area contributed by atoms with E-state index in [0.717, 1.165) is 4.88 Å². The molecule has 0 aliphatic rings. The van der Waals surface area contributed by atoms with Crippen LogP contribution in [-0.4, -0.2) is 21.1 Å². The second kappa shape index (κ2) is 4.22. The molecule has 0 saturated carbocycles. The van der Waals surface area contributed by atoms with E-state index < -0.39 is 0 Å². The molecular weight excluding hydrogens is 212 g/mol. The van der Waals surface area contributed by atoms with Gasteiger partial charge in [-0.25, -0.2) is 0 Å². The van der Waals surface area contributed by atoms with Crippen molar-refractivity contribution in [2.24, 2.45) is 0 Å². The molecule has 0 radical (unpaired) electrons. The van der Waals surface area contributed by atoms with Gasteiger partial charge in [0, 0.05) is 24.1 Å². The smallest absolute Gasteiger partial charge is 0.225 e. The Bertz CT molecular complexity index is 423. The SMILES string of the molecule is CC(=O)N(Cc1cncs1)c1ccn[nH]1. The number of nitrogens with one attached hydrogen (secondary N) is 1. The predicted molar refractivity (Wildman–Crippen MR) is 57.6 cm³/mol. The minimum atomic E-state index is -0.0207. The van der Waals surface area contributed by atoms with E-state index in [9.17, 15) is 4.79 Å². The molecule has 0 bridgehead atoms. The van der Waals surface area contributed by atoms with E-state index in [1.54, 1.807) is 28.9 Å². The summed E-state index contributed by atoms with van der Waals surface area (Å²) in [7, 11) is 0. The first kappa shape index (κ1) is 9.85. The highest BCUT2D eigenvalue weighted by molar-refractivity contribution is 7.09. The molecule has 0 unspecified atom stereocenters. The molecule has 2 rings (SSSR count). The summed E-state index contributed by atoms with van der Waals surface area (Å²) >= 11 is 1.53. The Labute approximate surface area is 90.8 Å². The zero-order valence-electron chi connectivity index (χ0n) is 8.17. The number of amides is 1. The summed E-state index contributed by atoms with van der Waals surface area (Å²) < 4.78 is 0. The molecular formula is C9H10N4OS. The second-order valence-corrected chi connectivity index (χ2v) is 3.99. The third kappa shape index (κ3) is 2.21. The maximum absolute atomic E-state index is 11.4. The average Bonchev–Trinajstić information content (AvgIpc) is 2.87. The zero-order valence-corrected chi connectivity index (χ0v) is 8.99. The number of aromatic nitrogens is 3. The Morgan fingerprint density at radius 1 is 1.67 bits per heavy atom. The summed E-state index contributed by atoms with van der Waals surface area (Å²) in [4.78, 5) is 18.1. The van der Waals surface area contributed by atoms with Crippen LogP contribution in [0.15, 0.2) is 24.0 Å². The molecule has 5 nitrogen and oxygen atoms in total. The van der Waals surface area contributed by atoms with Gasteiger partial charge in [0.15, 0.2) is 0 Å². The van der Waals surface area contributed by atoms with Crippen LogP contribution in [0.4, 0.5) is 5.82 Å². The predicted octanol–water partition coefficient (Wildman–Crippen LogP) is 1.42. The second-order valence-electron chi connectivity index (χ2n) is 3.01. The van der Waals surface area contributed by atoms with E-state index in [0.29, 0.717) is 12.4 Å². The van der Waals surface area contributed by atoms with Gasteiger partial charge in [0.05, 0.1) is 18.3 Å². The van der Waals surface area contributed by atoms with Crippen LogP contribution in [0.3, 0.4) is 0 Å². The number of rotatable bonds is 3. The van der Waals surface area contributed by atoms with Crippen LogP contribution in [0.25, 0.3) is 0 Å². The molecule has 0 atom stereocenters. The van der Waals surface area contributed by atoms with Gasteiger partial charge in [-0.15, -0.1) is 11.3 Å². The standard InChI is InChI=1S/C9H10N4OS/c1-7(14)13(9-2-3-11-12-9)5-8-4-10-6-15-8/h2-4,6H,5H2,1H3,(H,11,12). The van der Waals surface area contributed by atoms with Gasteiger partial charge in [-0.2, -0.15) is 5.10 Å². The van der Waals surface area contributed by atoms with Gasteiger partial charge in [-0.3, -0.25) is 19.8 Å². The van der Waals surface area contributed by atoms with Crippen molar-refractivity contribution >= 4 is 23.1 Å². The van der Waals surface area contributed by atoms with E-state index in [1.807, 2.05) is 0 Å². The molecule has 2 aromatic heterocycles. The Balaban J connectivity index is 2.18. The monoisotopic (exact) mass is 222 g/mol. The Morgan fingerprint density at radius 2 is 2.53 bits per heavy atom.